The first-order chi connectivity index (χ1) is 8.24. The summed E-state index contributed by atoms with van der Waals surface area (Å²) < 4.78 is 0. The Labute approximate surface area is 102 Å². The molecule has 0 aliphatic carbocycles. The van der Waals surface area contributed by atoms with Gasteiger partial charge in [0.25, 0.3) is 0 Å². The molecule has 92 valence electrons. The van der Waals surface area contributed by atoms with E-state index in [1.165, 1.54) is 0 Å². The normalized spacial score (nSPS) is 10.9. The van der Waals surface area contributed by atoms with Crippen molar-refractivity contribution in [1.82, 2.24) is 5.32 Å². The topological polar surface area (TPSA) is 49.3 Å². The van der Waals surface area contributed by atoms with Crippen molar-refractivity contribution in [3.63, 3.8) is 0 Å². The van der Waals surface area contributed by atoms with Crippen molar-refractivity contribution < 1.29 is 9.90 Å². The van der Waals surface area contributed by atoms with E-state index in [4.69, 9.17) is 5.11 Å². The molecule has 0 heterocycles. The number of aryl methyl sites for hydroxylation is 1. The van der Waals surface area contributed by atoms with Crippen LogP contribution < -0.4 is 5.32 Å². The summed E-state index contributed by atoms with van der Waals surface area (Å²) in [6, 6.07) is 7.93. The molecule has 1 aromatic carbocycles. The third-order valence-electron chi connectivity index (χ3n) is 2.52. The van der Waals surface area contributed by atoms with Gasteiger partial charge in [-0.2, -0.15) is 0 Å². The lowest BCUT2D eigenvalue weighted by molar-refractivity contribution is -0.136. The number of rotatable bonds is 7. The maximum Gasteiger partial charge on any atom is 0.303 e. The summed E-state index contributed by atoms with van der Waals surface area (Å²) in [7, 11) is 1.93. The van der Waals surface area contributed by atoms with Gasteiger partial charge in [-0.15, -0.1) is 0 Å². The molecule has 0 saturated carbocycles. The number of nitrogens with one attached hydrogen (secondary N) is 1. The molecule has 0 spiro atoms. The zero-order valence-electron chi connectivity index (χ0n) is 10.1. The third kappa shape index (κ3) is 5.31. The van der Waals surface area contributed by atoms with Gasteiger partial charge in [-0.25, -0.2) is 0 Å². The summed E-state index contributed by atoms with van der Waals surface area (Å²) in [6.45, 7) is 0.952. The van der Waals surface area contributed by atoms with Crippen molar-refractivity contribution in [1.29, 1.82) is 0 Å². The van der Waals surface area contributed by atoms with Gasteiger partial charge in [-0.05, 0) is 37.6 Å². The molecule has 0 amide bonds. The van der Waals surface area contributed by atoms with E-state index in [1.54, 1.807) is 0 Å². The van der Waals surface area contributed by atoms with Crippen LogP contribution in [-0.4, -0.2) is 24.7 Å². The fourth-order valence-corrected chi connectivity index (χ4v) is 1.60. The second-order valence-electron chi connectivity index (χ2n) is 3.89. The maximum absolute atomic E-state index is 10.6. The van der Waals surface area contributed by atoms with Gasteiger partial charge in [0.05, 0.1) is 0 Å². The van der Waals surface area contributed by atoms with E-state index in [-0.39, 0.29) is 6.42 Å². The molecule has 1 aromatic rings. The Morgan fingerprint density at radius 1 is 1.41 bits per heavy atom. The number of carboxylic acids is 1. The van der Waals surface area contributed by atoms with Crippen molar-refractivity contribution in [3.8, 4) is 0 Å². The van der Waals surface area contributed by atoms with Crippen LogP contribution in [0.5, 0.6) is 0 Å². The van der Waals surface area contributed by atoms with Gasteiger partial charge in [-0.3, -0.25) is 4.79 Å². The summed E-state index contributed by atoms with van der Waals surface area (Å²) in [6.07, 6.45) is 5.91. The van der Waals surface area contributed by atoms with E-state index in [2.05, 4.69) is 17.5 Å². The molecule has 17 heavy (non-hydrogen) atoms. The van der Waals surface area contributed by atoms with Crippen LogP contribution in [0.15, 0.2) is 30.3 Å². The summed E-state index contributed by atoms with van der Waals surface area (Å²) in [5, 5.41) is 11.8. The number of aliphatic carboxylic acids is 1. The quantitative estimate of drug-likeness (QED) is 0.711. The van der Waals surface area contributed by atoms with Crippen molar-refractivity contribution in [2.75, 3.05) is 13.6 Å². The molecule has 0 saturated heterocycles. The number of carboxylic acid groups (broad SMARTS) is 1. The number of hydrogen-bond acceptors (Lipinski definition) is 2. The van der Waals surface area contributed by atoms with Gasteiger partial charge in [0.1, 0.15) is 0 Å². The lowest BCUT2D eigenvalue weighted by atomic mass is 10.0. The molecule has 0 unspecified atom stereocenters. The van der Waals surface area contributed by atoms with Gasteiger partial charge >= 0.3 is 5.97 Å². The predicted molar refractivity (Wildman–Crippen MR) is 70.0 cm³/mol. The molecule has 0 radical (unpaired) electrons. The van der Waals surface area contributed by atoms with E-state index in [1.807, 2.05) is 31.3 Å². The SMILES string of the molecule is CNCCC=Cc1ccccc1CCC(=O)O. The van der Waals surface area contributed by atoms with E-state index < -0.39 is 5.97 Å². The fourth-order valence-electron chi connectivity index (χ4n) is 1.60. The minimum absolute atomic E-state index is 0.182. The van der Waals surface area contributed by atoms with Gasteiger partial charge in [0.2, 0.25) is 0 Å². The number of benzene rings is 1. The molecule has 0 aliphatic rings. The van der Waals surface area contributed by atoms with Crippen LogP contribution in [0, 0.1) is 0 Å². The summed E-state index contributed by atoms with van der Waals surface area (Å²) in [5.74, 6) is -0.751. The lowest BCUT2D eigenvalue weighted by Crippen LogP contribution is -2.05. The smallest absolute Gasteiger partial charge is 0.303 e. The molecule has 3 nitrogen and oxygen atoms in total. The Morgan fingerprint density at radius 3 is 2.88 bits per heavy atom. The Morgan fingerprint density at radius 2 is 2.18 bits per heavy atom. The first kappa shape index (κ1) is 13.5. The van der Waals surface area contributed by atoms with Crippen LogP contribution in [0.3, 0.4) is 0 Å². The second-order valence-corrected chi connectivity index (χ2v) is 3.89. The first-order valence-electron chi connectivity index (χ1n) is 5.85. The van der Waals surface area contributed by atoms with Crippen LogP contribution in [0.1, 0.15) is 24.0 Å². The second kappa shape index (κ2) is 7.63. The van der Waals surface area contributed by atoms with Gasteiger partial charge in [-0.1, -0.05) is 36.4 Å². The Balaban J connectivity index is 2.63. The largest absolute Gasteiger partial charge is 0.481 e. The molecule has 0 fully saturated rings. The van der Waals surface area contributed by atoms with E-state index in [9.17, 15) is 4.79 Å². The van der Waals surface area contributed by atoms with E-state index in [0.717, 1.165) is 24.1 Å². The summed E-state index contributed by atoms with van der Waals surface area (Å²) >= 11 is 0. The Kier molecular flexibility index (Phi) is 6.04. The number of hydrogen-bond donors (Lipinski definition) is 2. The summed E-state index contributed by atoms with van der Waals surface area (Å²) in [5.41, 5.74) is 2.21. The van der Waals surface area contributed by atoms with Crippen molar-refractivity contribution >= 4 is 12.0 Å². The average molecular weight is 233 g/mol. The third-order valence-corrected chi connectivity index (χ3v) is 2.52. The van der Waals surface area contributed by atoms with E-state index >= 15 is 0 Å². The highest BCUT2D eigenvalue weighted by molar-refractivity contribution is 5.67. The predicted octanol–water partition coefficient (Wildman–Crippen LogP) is 2.33. The Hall–Kier alpha value is -1.61. The maximum atomic E-state index is 10.6. The van der Waals surface area contributed by atoms with Gasteiger partial charge < -0.3 is 10.4 Å². The molecule has 0 atom stereocenters. The summed E-state index contributed by atoms with van der Waals surface area (Å²) in [4.78, 5) is 10.6. The minimum atomic E-state index is -0.751. The molecular weight excluding hydrogens is 214 g/mol. The highest BCUT2D eigenvalue weighted by Crippen LogP contribution is 2.13. The fraction of sp³-hybridized carbons (Fsp3) is 0.357. The van der Waals surface area contributed by atoms with Crippen LogP contribution in [0.25, 0.3) is 6.08 Å². The van der Waals surface area contributed by atoms with Crippen LogP contribution >= 0.6 is 0 Å². The zero-order valence-corrected chi connectivity index (χ0v) is 10.1. The van der Waals surface area contributed by atoms with Crippen LogP contribution in [0.4, 0.5) is 0 Å². The molecule has 3 heteroatoms. The highest BCUT2D eigenvalue weighted by atomic mass is 16.4. The molecule has 0 aliphatic heterocycles. The van der Waals surface area contributed by atoms with Gasteiger partial charge in [0, 0.05) is 6.42 Å². The first-order valence-corrected chi connectivity index (χ1v) is 5.85. The molecule has 0 bridgehead atoms. The standard InChI is InChI=1S/C14H19NO2/c1-15-11-5-4-8-12-6-2-3-7-13(12)9-10-14(16)17/h2-4,6-8,15H,5,9-11H2,1H3,(H,16,17). The molecular formula is C14H19NO2. The lowest BCUT2D eigenvalue weighted by Gasteiger charge is -2.04. The number of carbonyl (C=O) groups is 1. The van der Waals surface area contributed by atoms with Crippen molar-refractivity contribution in [3.05, 3.63) is 41.5 Å². The van der Waals surface area contributed by atoms with Crippen LogP contribution in [0.2, 0.25) is 0 Å². The van der Waals surface area contributed by atoms with Crippen LogP contribution in [-0.2, 0) is 11.2 Å². The van der Waals surface area contributed by atoms with Gasteiger partial charge in [0.15, 0.2) is 0 Å². The van der Waals surface area contributed by atoms with Crippen molar-refractivity contribution in [2.45, 2.75) is 19.3 Å². The molecule has 1 rings (SSSR count). The Bertz CT molecular complexity index is 386. The zero-order chi connectivity index (χ0) is 12.5. The average Bonchev–Trinajstić information content (AvgIpc) is 2.33. The highest BCUT2D eigenvalue weighted by Gasteiger charge is 2.02. The minimum Gasteiger partial charge on any atom is -0.481 e. The monoisotopic (exact) mass is 233 g/mol. The van der Waals surface area contributed by atoms with E-state index in [0.29, 0.717) is 6.42 Å². The molecule has 2 N–H and O–H groups in total. The molecule has 0 aromatic heterocycles. The van der Waals surface area contributed by atoms with Crippen molar-refractivity contribution in [2.24, 2.45) is 0 Å².